The van der Waals surface area contributed by atoms with Gasteiger partial charge >= 0.3 is 0 Å². The van der Waals surface area contributed by atoms with Gasteiger partial charge in [-0.25, -0.2) is 17.8 Å². The van der Waals surface area contributed by atoms with E-state index in [0.29, 0.717) is 5.56 Å². The van der Waals surface area contributed by atoms with Crippen molar-refractivity contribution in [2.24, 2.45) is 7.05 Å². The summed E-state index contributed by atoms with van der Waals surface area (Å²) in [5.74, 6) is -0.466. The van der Waals surface area contributed by atoms with Crippen LogP contribution in [-0.4, -0.2) is 29.3 Å². The number of nitrogens with two attached hydrogens (primary N) is 1. The van der Waals surface area contributed by atoms with Gasteiger partial charge in [-0.2, -0.15) is 4.31 Å². The number of nitrogen functional groups attached to an aromatic ring is 1. The zero-order chi connectivity index (χ0) is 14.9. The quantitative estimate of drug-likeness (QED) is 0.911. The third kappa shape index (κ3) is 2.66. The van der Waals surface area contributed by atoms with Crippen molar-refractivity contribution in [1.82, 2.24) is 13.9 Å². The Labute approximate surface area is 116 Å². The molecule has 0 amide bonds. The van der Waals surface area contributed by atoms with E-state index in [1.54, 1.807) is 13.1 Å². The van der Waals surface area contributed by atoms with Gasteiger partial charge in [0, 0.05) is 20.6 Å². The van der Waals surface area contributed by atoms with E-state index in [9.17, 15) is 12.8 Å². The molecular formula is C12H15FN4O2S. The highest BCUT2D eigenvalue weighted by atomic mass is 32.2. The molecule has 0 radical (unpaired) electrons. The largest absolute Gasteiger partial charge is 0.381 e. The van der Waals surface area contributed by atoms with Crippen LogP contribution in [0.15, 0.2) is 35.6 Å². The summed E-state index contributed by atoms with van der Waals surface area (Å²) >= 11 is 0. The van der Waals surface area contributed by atoms with Crippen molar-refractivity contribution < 1.29 is 12.8 Å². The number of aromatic nitrogens is 2. The lowest BCUT2D eigenvalue weighted by molar-refractivity contribution is 0.459. The van der Waals surface area contributed by atoms with Crippen molar-refractivity contribution in [3.8, 4) is 0 Å². The van der Waals surface area contributed by atoms with Crippen LogP contribution >= 0.6 is 0 Å². The van der Waals surface area contributed by atoms with E-state index < -0.39 is 15.8 Å². The van der Waals surface area contributed by atoms with Crippen molar-refractivity contribution in [1.29, 1.82) is 0 Å². The second-order valence-electron chi connectivity index (χ2n) is 4.44. The van der Waals surface area contributed by atoms with Crippen molar-refractivity contribution in [2.45, 2.75) is 11.6 Å². The predicted molar refractivity (Wildman–Crippen MR) is 72.7 cm³/mol. The lowest BCUT2D eigenvalue weighted by atomic mass is 10.2. The Morgan fingerprint density at radius 3 is 2.70 bits per heavy atom. The number of anilines is 1. The molecule has 1 aromatic carbocycles. The molecule has 1 heterocycles. The second-order valence-corrected chi connectivity index (χ2v) is 6.40. The average molecular weight is 298 g/mol. The lowest BCUT2D eigenvalue weighted by Gasteiger charge is -2.17. The Balaban J connectivity index is 2.31. The van der Waals surface area contributed by atoms with Crippen molar-refractivity contribution >= 4 is 15.8 Å². The topological polar surface area (TPSA) is 81.2 Å². The highest BCUT2D eigenvalue weighted by Gasteiger charge is 2.27. The number of halogens is 1. The van der Waals surface area contributed by atoms with Crippen molar-refractivity contribution in [3.05, 3.63) is 42.0 Å². The molecule has 1 aromatic heterocycles. The zero-order valence-corrected chi connectivity index (χ0v) is 11.9. The Morgan fingerprint density at radius 2 is 2.15 bits per heavy atom. The normalized spacial score (nSPS) is 12.0. The third-order valence-electron chi connectivity index (χ3n) is 2.86. The number of benzene rings is 1. The predicted octanol–water partition coefficient (Wildman–Crippen LogP) is 0.962. The summed E-state index contributed by atoms with van der Waals surface area (Å²) in [6.45, 7) is 0.0463. The summed E-state index contributed by atoms with van der Waals surface area (Å²) in [4.78, 5) is 3.76. The molecule has 8 heteroatoms. The summed E-state index contributed by atoms with van der Waals surface area (Å²) in [5.41, 5.74) is 6.14. The van der Waals surface area contributed by atoms with Gasteiger partial charge in [-0.3, -0.25) is 0 Å². The molecule has 0 aliphatic rings. The molecule has 108 valence electrons. The average Bonchev–Trinajstić information content (AvgIpc) is 2.69. The maximum Gasteiger partial charge on any atom is 0.262 e. The first-order valence-electron chi connectivity index (χ1n) is 5.80. The number of nitrogens with zero attached hydrogens (tertiary/aromatic N) is 3. The van der Waals surface area contributed by atoms with Gasteiger partial charge in [-0.05, 0) is 17.7 Å². The fraction of sp³-hybridized carbons (Fsp3) is 0.250. The molecule has 2 N–H and O–H groups in total. The van der Waals surface area contributed by atoms with E-state index >= 15 is 0 Å². The van der Waals surface area contributed by atoms with Crippen LogP contribution < -0.4 is 5.73 Å². The first-order valence-corrected chi connectivity index (χ1v) is 7.24. The molecule has 0 saturated carbocycles. The van der Waals surface area contributed by atoms with Gasteiger partial charge in [0.2, 0.25) is 0 Å². The van der Waals surface area contributed by atoms with Gasteiger partial charge < -0.3 is 10.3 Å². The molecule has 0 unspecified atom stereocenters. The number of sulfonamides is 1. The number of aryl methyl sites for hydroxylation is 1. The first-order chi connectivity index (χ1) is 9.32. The minimum absolute atomic E-state index is 0.0463. The summed E-state index contributed by atoms with van der Waals surface area (Å²) in [7, 11) is -0.824. The molecule has 0 saturated heterocycles. The maximum absolute atomic E-state index is 13.1. The first kappa shape index (κ1) is 14.5. The molecular weight excluding hydrogens is 283 g/mol. The summed E-state index contributed by atoms with van der Waals surface area (Å²) < 4.78 is 40.4. The Morgan fingerprint density at radius 1 is 1.45 bits per heavy atom. The molecule has 0 aliphatic heterocycles. The minimum atomic E-state index is -3.78. The van der Waals surface area contributed by atoms with Gasteiger partial charge in [0.05, 0.1) is 6.33 Å². The summed E-state index contributed by atoms with van der Waals surface area (Å²) in [6, 6.07) is 5.78. The number of hydrogen-bond acceptors (Lipinski definition) is 4. The van der Waals surface area contributed by atoms with Gasteiger partial charge in [0.25, 0.3) is 10.0 Å². The van der Waals surface area contributed by atoms with Crippen LogP contribution in [-0.2, 0) is 23.6 Å². The molecule has 0 fully saturated rings. The Hall–Kier alpha value is -1.93. The third-order valence-corrected chi connectivity index (χ3v) is 4.79. The van der Waals surface area contributed by atoms with E-state index in [1.165, 1.54) is 36.1 Å². The number of hydrogen-bond donors (Lipinski definition) is 1. The molecule has 0 aliphatic carbocycles. The SMILES string of the molecule is CN(Cc1cccc(F)c1)S(=O)(=O)c1c(N)ncn1C. The van der Waals surface area contributed by atoms with Gasteiger partial charge in [-0.1, -0.05) is 12.1 Å². The summed E-state index contributed by atoms with van der Waals surface area (Å²) in [6.07, 6.45) is 1.33. The van der Waals surface area contributed by atoms with Crippen LogP contribution in [0.25, 0.3) is 0 Å². The fourth-order valence-electron chi connectivity index (χ4n) is 1.88. The highest BCUT2D eigenvalue weighted by molar-refractivity contribution is 7.89. The molecule has 0 spiro atoms. The van der Waals surface area contributed by atoms with Gasteiger partial charge in [0.1, 0.15) is 5.82 Å². The van der Waals surface area contributed by atoms with E-state index in [-0.39, 0.29) is 17.4 Å². The molecule has 2 rings (SSSR count). The van der Waals surface area contributed by atoms with Crippen LogP contribution in [0, 0.1) is 5.82 Å². The van der Waals surface area contributed by atoms with Crippen LogP contribution in [0.2, 0.25) is 0 Å². The van der Waals surface area contributed by atoms with E-state index in [2.05, 4.69) is 4.98 Å². The Bertz CT molecular complexity index is 707. The van der Waals surface area contributed by atoms with Crippen LogP contribution in [0.1, 0.15) is 5.56 Å². The van der Waals surface area contributed by atoms with E-state index in [0.717, 1.165) is 4.31 Å². The number of rotatable bonds is 4. The molecule has 20 heavy (non-hydrogen) atoms. The molecule has 6 nitrogen and oxygen atoms in total. The van der Waals surface area contributed by atoms with E-state index in [1.807, 2.05) is 0 Å². The van der Waals surface area contributed by atoms with E-state index in [4.69, 9.17) is 5.73 Å². The van der Waals surface area contributed by atoms with Crippen LogP contribution in [0.3, 0.4) is 0 Å². The van der Waals surface area contributed by atoms with Crippen molar-refractivity contribution in [3.63, 3.8) is 0 Å². The smallest absolute Gasteiger partial charge is 0.262 e. The molecule has 0 bridgehead atoms. The molecule has 0 atom stereocenters. The Kier molecular flexibility index (Phi) is 3.78. The van der Waals surface area contributed by atoms with Gasteiger partial charge in [-0.15, -0.1) is 0 Å². The standard InChI is InChI=1S/C12H15FN4O2S/c1-16-8-15-11(14)12(16)20(18,19)17(2)7-9-4-3-5-10(13)6-9/h3-6,8H,7,14H2,1-2H3. The monoisotopic (exact) mass is 298 g/mol. The highest BCUT2D eigenvalue weighted by Crippen LogP contribution is 2.21. The van der Waals surface area contributed by atoms with Crippen LogP contribution in [0.5, 0.6) is 0 Å². The van der Waals surface area contributed by atoms with Crippen molar-refractivity contribution in [2.75, 3.05) is 12.8 Å². The zero-order valence-electron chi connectivity index (χ0n) is 11.1. The maximum atomic E-state index is 13.1. The lowest BCUT2D eigenvalue weighted by Crippen LogP contribution is -2.28. The number of imidazole rings is 1. The second kappa shape index (κ2) is 5.22. The minimum Gasteiger partial charge on any atom is -0.381 e. The van der Waals surface area contributed by atoms with Gasteiger partial charge in [0.15, 0.2) is 10.8 Å². The fourth-order valence-corrected chi connectivity index (χ4v) is 3.22. The molecule has 2 aromatic rings. The van der Waals surface area contributed by atoms with Crippen LogP contribution in [0.4, 0.5) is 10.2 Å². The summed E-state index contributed by atoms with van der Waals surface area (Å²) in [5, 5.41) is -0.0728.